The third-order valence-electron chi connectivity index (χ3n) is 6.05. The highest BCUT2D eigenvalue weighted by Crippen LogP contribution is 2.38. The normalized spacial score (nSPS) is 24.9. The number of hydrogen-bond donors (Lipinski definition) is 1. The second kappa shape index (κ2) is 7.80. The van der Waals surface area contributed by atoms with Crippen LogP contribution in [0.5, 0.6) is 0 Å². The van der Waals surface area contributed by atoms with Crippen LogP contribution in [0.1, 0.15) is 36.8 Å². The number of rotatable bonds is 4. The van der Waals surface area contributed by atoms with Crippen LogP contribution in [-0.2, 0) is 15.1 Å². The molecule has 2 bridgehead atoms. The van der Waals surface area contributed by atoms with E-state index in [0.717, 1.165) is 25.7 Å². The van der Waals surface area contributed by atoms with Crippen molar-refractivity contribution in [2.75, 3.05) is 7.05 Å². The summed E-state index contributed by atoms with van der Waals surface area (Å²) >= 11 is 0. The Balaban J connectivity index is 0.00000210. The Kier molecular flexibility index (Phi) is 5.65. The Bertz CT molecular complexity index is 725. The first-order valence-corrected chi connectivity index (χ1v) is 9.37. The van der Waals surface area contributed by atoms with Crippen LogP contribution in [0.4, 0.5) is 0 Å². The smallest absolute Gasteiger partial charge is 0.348 e. The van der Waals surface area contributed by atoms with Crippen molar-refractivity contribution < 1.29 is 20.1 Å². The maximum atomic E-state index is 13.2. The second-order valence-corrected chi connectivity index (χ2v) is 7.43. The van der Waals surface area contributed by atoms with Gasteiger partial charge >= 0.3 is 5.97 Å². The molecule has 27 heavy (non-hydrogen) atoms. The van der Waals surface area contributed by atoms with E-state index < -0.39 is 11.6 Å². The zero-order valence-corrected chi connectivity index (χ0v) is 15.5. The minimum Gasteiger partial charge on any atom is -0.458 e. The van der Waals surface area contributed by atoms with E-state index in [1.165, 1.54) is 0 Å². The zero-order valence-electron chi connectivity index (χ0n) is 15.5. The van der Waals surface area contributed by atoms with Crippen molar-refractivity contribution in [1.82, 2.24) is 4.90 Å². The van der Waals surface area contributed by atoms with E-state index in [2.05, 4.69) is 11.9 Å². The van der Waals surface area contributed by atoms with E-state index in [1.54, 1.807) is 24.3 Å². The topological polar surface area (TPSA) is 81.3 Å². The number of carbonyl (C=O) groups excluding carboxylic acids is 1. The molecule has 0 radical (unpaired) electrons. The van der Waals surface area contributed by atoms with Gasteiger partial charge in [-0.1, -0.05) is 60.7 Å². The first-order valence-electron chi connectivity index (χ1n) is 9.37. The van der Waals surface area contributed by atoms with Crippen molar-refractivity contribution in [3.05, 3.63) is 71.8 Å². The summed E-state index contributed by atoms with van der Waals surface area (Å²) in [5.41, 5.74) is -0.731. The van der Waals surface area contributed by atoms with Gasteiger partial charge in [0.05, 0.1) is 0 Å². The number of hydrogen-bond acceptors (Lipinski definition) is 4. The van der Waals surface area contributed by atoms with Crippen LogP contribution in [0.2, 0.25) is 0 Å². The van der Waals surface area contributed by atoms with Gasteiger partial charge in [-0.25, -0.2) is 4.79 Å². The largest absolute Gasteiger partial charge is 0.458 e. The fourth-order valence-corrected chi connectivity index (χ4v) is 4.51. The molecule has 2 aromatic rings. The molecular weight excluding hydrogens is 342 g/mol. The Morgan fingerprint density at radius 1 is 0.963 bits per heavy atom. The molecule has 0 amide bonds. The highest BCUT2D eigenvalue weighted by Gasteiger charge is 2.47. The number of piperidine rings is 1. The fraction of sp³-hybridized carbons (Fsp3) is 0.409. The van der Waals surface area contributed by atoms with Crippen molar-refractivity contribution in [2.24, 2.45) is 0 Å². The zero-order chi connectivity index (χ0) is 18.1. The molecule has 2 aromatic carbocycles. The van der Waals surface area contributed by atoms with E-state index >= 15 is 0 Å². The van der Waals surface area contributed by atoms with Gasteiger partial charge in [0.25, 0.3) is 0 Å². The molecule has 144 valence electrons. The lowest BCUT2D eigenvalue weighted by Gasteiger charge is -2.38. The molecule has 2 saturated heterocycles. The van der Waals surface area contributed by atoms with Gasteiger partial charge in [0.1, 0.15) is 6.10 Å². The van der Waals surface area contributed by atoms with Gasteiger partial charge in [-0.05, 0) is 43.9 Å². The Morgan fingerprint density at radius 2 is 1.48 bits per heavy atom. The number of fused-ring (bicyclic) bond motifs is 2. The summed E-state index contributed by atoms with van der Waals surface area (Å²) in [5, 5.41) is 11.5. The summed E-state index contributed by atoms with van der Waals surface area (Å²) in [7, 11) is 2.11. The SMILES string of the molecule is CN1[C@@H]2CC[C@H](OC(=O)C(O)(c3ccccc3)c3ccccc3)[C@H]1CC2.O. The Labute approximate surface area is 159 Å². The van der Waals surface area contributed by atoms with Crippen LogP contribution >= 0.6 is 0 Å². The van der Waals surface area contributed by atoms with Crippen LogP contribution < -0.4 is 0 Å². The predicted molar refractivity (Wildman–Crippen MR) is 103 cm³/mol. The molecule has 4 rings (SSSR count). The van der Waals surface area contributed by atoms with Crippen LogP contribution in [-0.4, -0.2) is 46.7 Å². The molecule has 3 atom stereocenters. The monoisotopic (exact) mass is 369 g/mol. The van der Waals surface area contributed by atoms with Gasteiger partial charge in [-0.15, -0.1) is 0 Å². The van der Waals surface area contributed by atoms with Gasteiger partial charge in [0, 0.05) is 12.1 Å². The highest BCUT2D eigenvalue weighted by molar-refractivity contribution is 5.85. The number of aliphatic hydroxyl groups is 1. The number of benzene rings is 2. The van der Waals surface area contributed by atoms with Crippen LogP contribution in [0, 0.1) is 0 Å². The number of esters is 1. The number of likely N-dealkylation sites (N-methyl/N-ethyl adjacent to an activating group) is 1. The molecule has 2 aliphatic heterocycles. The summed E-state index contributed by atoms with van der Waals surface area (Å²) in [6, 6.07) is 19.0. The lowest BCUT2D eigenvalue weighted by atomic mass is 9.86. The van der Waals surface area contributed by atoms with Crippen LogP contribution in [0.3, 0.4) is 0 Å². The van der Waals surface area contributed by atoms with Crippen molar-refractivity contribution >= 4 is 5.97 Å². The molecule has 3 N–H and O–H groups in total. The van der Waals surface area contributed by atoms with Gasteiger partial charge in [0.15, 0.2) is 0 Å². The highest BCUT2D eigenvalue weighted by atomic mass is 16.6. The number of ether oxygens (including phenoxy) is 1. The summed E-state index contributed by atoms with van der Waals surface area (Å²) in [6.45, 7) is 0. The summed E-state index contributed by atoms with van der Waals surface area (Å²) in [5.74, 6) is -0.585. The molecule has 5 nitrogen and oxygen atoms in total. The summed E-state index contributed by atoms with van der Waals surface area (Å²) < 4.78 is 5.94. The van der Waals surface area contributed by atoms with Crippen molar-refractivity contribution in [1.29, 1.82) is 0 Å². The molecule has 5 heteroatoms. The minimum absolute atomic E-state index is 0. The molecule has 0 aliphatic carbocycles. The van der Waals surface area contributed by atoms with Gasteiger partial charge in [-0.2, -0.15) is 0 Å². The van der Waals surface area contributed by atoms with Crippen molar-refractivity contribution in [3.8, 4) is 0 Å². The van der Waals surface area contributed by atoms with Gasteiger partial charge < -0.3 is 15.3 Å². The van der Waals surface area contributed by atoms with E-state index in [0.29, 0.717) is 17.2 Å². The molecule has 0 spiro atoms. The van der Waals surface area contributed by atoms with Crippen molar-refractivity contribution in [3.63, 3.8) is 0 Å². The van der Waals surface area contributed by atoms with E-state index in [1.807, 2.05) is 36.4 Å². The third kappa shape index (κ3) is 3.38. The standard InChI is InChI=1S/C22H25NO3.H2O/c1-23-18-12-14-19(23)20(15-13-18)26-21(24)22(25,16-8-4-2-5-9-16)17-10-6-3-7-11-17;/h2-11,18-20,25H,12-15H2,1H3;1H2/t18-,19+,20-;/m0./s1. The quantitative estimate of drug-likeness (QED) is 0.838. The molecular formula is C22H27NO4. The average molecular weight is 369 g/mol. The maximum absolute atomic E-state index is 13.2. The Morgan fingerprint density at radius 3 is 2.04 bits per heavy atom. The van der Waals surface area contributed by atoms with Gasteiger partial charge in [0.2, 0.25) is 5.60 Å². The van der Waals surface area contributed by atoms with E-state index in [-0.39, 0.29) is 17.6 Å². The molecule has 0 unspecified atom stereocenters. The summed E-state index contributed by atoms with van der Waals surface area (Å²) in [6.07, 6.45) is 3.96. The first-order chi connectivity index (χ1) is 12.6. The molecule has 2 aliphatic rings. The van der Waals surface area contributed by atoms with Crippen LogP contribution in [0.25, 0.3) is 0 Å². The predicted octanol–water partition coefficient (Wildman–Crippen LogP) is 2.27. The molecule has 2 heterocycles. The summed E-state index contributed by atoms with van der Waals surface area (Å²) in [4.78, 5) is 15.6. The first kappa shape index (κ1) is 19.5. The number of nitrogens with zero attached hydrogens (tertiary/aromatic N) is 1. The molecule has 2 fully saturated rings. The lowest BCUT2D eigenvalue weighted by Crippen LogP contribution is -2.49. The fourth-order valence-electron chi connectivity index (χ4n) is 4.51. The van der Waals surface area contributed by atoms with Crippen LogP contribution in [0.15, 0.2) is 60.7 Å². The van der Waals surface area contributed by atoms with E-state index in [9.17, 15) is 9.90 Å². The maximum Gasteiger partial charge on any atom is 0.348 e. The molecule has 0 aromatic heterocycles. The third-order valence-corrected chi connectivity index (χ3v) is 6.05. The second-order valence-electron chi connectivity index (χ2n) is 7.43. The minimum atomic E-state index is -1.80. The molecule has 0 saturated carbocycles. The van der Waals surface area contributed by atoms with E-state index in [4.69, 9.17) is 4.74 Å². The van der Waals surface area contributed by atoms with Gasteiger partial charge in [-0.3, -0.25) is 4.90 Å². The van der Waals surface area contributed by atoms with Crippen molar-refractivity contribution in [2.45, 2.75) is 49.5 Å². The average Bonchev–Trinajstić information content (AvgIpc) is 2.92. The Hall–Kier alpha value is -2.21. The lowest BCUT2D eigenvalue weighted by molar-refractivity contribution is -0.173. The number of carbonyl (C=O) groups is 1.